The average molecular weight is 497 g/mol. The summed E-state index contributed by atoms with van der Waals surface area (Å²) in [6.45, 7) is 2.18. The maximum atomic E-state index is 12.5. The molecule has 2 aromatic heterocycles. The number of benzene rings is 1. The molecule has 1 atom stereocenters. The highest BCUT2D eigenvalue weighted by Gasteiger charge is 2.20. The van der Waals surface area contributed by atoms with Crippen LogP contribution in [0.4, 0.5) is 5.82 Å². The van der Waals surface area contributed by atoms with E-state index in [0.717, 1.165) is 10.0 Å². The van der Waals surface area contributed by atoms with E-state index < -0.39 is 12.0 Å². The fraction of sp³-hybridized carbons (Fsp3) is 0.176. The molecule has 0 bridgehead atoms. The van der Waals surface area contributed by atoms with Crippen LogP contribution in [0.2, 0.25) is 0 Å². The molecule has 1 aromatic carbocycles. The first-order chi connectivity index (χ1) is 12.8. The molecule has 0 aliphatic heterocycles. The van der Waals surface area contributed by atoms with Gasteiger partial charge in [-0.25, -0.2) is 4.79 Å². The number of aromatic nitrogens is 4. The summed E-state index contributed by atoms with van der Waals surface area (Å²) in [5, 5.41) is 20.0. The van der Waals surface area contributed by atoms with E-state index in [-0.39, 0.29) is 11.5 Å². The topological polar surface area (TPSA) is 102 Å². The Morgan fingerprint density at radius 2 is 1.93 bits per heavy atom. The Labute approximate surface area is 171 Å². The van der Waals surface area contributed by atoms with E-state index in [1.54, 1.807) is 17.8 Å². The van der Waals surface area contributed by atoms with Crippen LogP contribution >= 0.6 is 31.9 Å². The molecular weight excluding hydrogens is 482 g/mol. The third kappa shape index (κ3) is 4.64. The first kappa shape index (κ1) is 19.3. The minimum Gasteiger partial charge on any atom is -0.478 e. The lowest BCUT2D eigenvalue weighted by atomic mass is 10.2. The zero-order chi connectivity index (χ0) is 19.6. The molecule has 8 nitrogen and oxygen atoms in total. The van der Waals surface area contributed by atoms with Gasteiger partial charge in [0.2, 0.25) is 5.91 Å². The molecule has 3 aromatic rings. The molecule has 2 heterocycles. The van der Waals surface area contributed by atoms with E-state index in [0.29, 0.717) is 16.8 Å². The van der Waals surface area contributed by atoms with Crippen molar-refractivity contribution in [2.24, 2.45) is 0 Å². The standard InChI is InChI=1S/C17H15Br2N5O3/c1-10(24-8-12(6-20-24)17(26)27)16(25)21-15-14(19)9-23(22-15)7-11-2-4-13(18)5-3-11/h2-6,8-10H,7H2,1H3,(H,26,27)(H,21,22,25). The lowest BCUT2D eigenvalue weighted by Gasteiger charge is -2.11. The quantitative estimate of drug-likeness (QED) is 0.543. The number of carbonyl (C=O) groups excluding carboxylic acids is 1. The van der Waals surface area contributed by atoms with Crippen molar-refractivity contribution in [3.63, 3.8) is 0 Å². The maximum Gasteiger partial charge on any atom is 0.338 e. The molecule has 0 radical (unpaired) electrons. The van der Waals surface area contributed by atoms with Crippen LogP contribution in [-0.4, -0.2) is 36.5 Å². The summed E-state index contributed by atoms with van der Waals surface area (Å²) >= 11 is 6.79. The Balaban J connectivity index is 1.69. The Bertz CT molecular complexity index is 981. The molecule has 27 heavy (non-hydrogen) atoms. The molecule has 10 heteroatoms. The molecule has 0 fully saturated rings. The van der Waals surface area contributed by atoms with Gasteiger partial charge in [0.25, 0.3) is 0 Å². The summed E-state index contributed by atoms with van der Waals surface area (Å²) in [6.07, 6.45) is 4.29. The van der Waals surface area contributed by atoms with E-state index in [1.807, 2.05) is 24.3 Å². The van der Waals surface area contributed by atoms with Gasteiger partial charge in [-0.05, 0) is 40.5 Å². The lowest BCUT2D eigenvalue weighted by molar-refractivity contribution is -0.119. The molecule has 0 aliphatic carbocycles. The van der Waals surface area contributed by atoms with Gasteiger partial charge in [0.05, 0.1) is 22.8 Å². The second kappa shape index (κ2) is 8.05. The van der Waals surface area contributed by atoms with Crippen LogP contribution < -0.4 is 5.32 Å². The van der Waals surface area contributed by atoms with Crippen molar-refractivity contribution in [2.45, 2.75) is 19.5 Å². The molecule has 0 spiro atoms. The summed E-state index contributed by atoms with van der Waals surface area (Å²) in [7, 11) is 0. The maximum absolute atomic E-state index is 12.5. The Hall–Kier alpha value is -2.46. The molecule has 1 amide bonds. The molecular formula is C17H15Br2N5O3. The van der Waals surface area contributed by atoms with Gasteiger partial charge >= 0.3 is 5.97 Å². The Kier molecular flexibility index (Phi) is 5.76. The van der Waals surface area contributed by atoms with E-state index in [4.69, 9.17) is 5.11 Å². The number of carbonyl (C=O) groups is 2. The fourth-order valence-corrected chi connectivity index (χ4v) is 3.02. The Morgan fingerprint density at radius 1 is 1.22 bits per heavy atom. The largest absolute Gasteiger partial charge is 0.478 e. The summed E-state index contributed by atoms with van der Waals surface area (Å²) in [4.78, 5) is 23.4. The number of amides is 1. The van der Waals surface area contributed by atoms with Crippen molar-refractivity contribution in [2.75, 3.05) is 5.32 Å². The van der Waals surface area contributed by atoms with E-state index >= 15 is 0 Å². The summed E-state index contributed by atoms with van der Waals surface area (Å²) in [6, 6.07) is 7.18. The van der Waals surface area contributed by atoms with Crippen molar-refractivity contribution in [1.82, 2.24) is 19.6 Å². The number of hydrogen-bond acceptors (Lipinski definition) is 4. The predicted molar refractivity (Wildman–Crippen MR) is 106 cm³/mol. The van der Waals surface area contributed by atoms with Gasteiger partial charge in [-0.3, -0.25) is 14.2 Å². The van der Waals surface area contributed by atoms with Gasteiger partial charge in [0.1, 0.15) is 6.04 Å². The number of carboxylic acids is 1. The number of hydrogen-bond donors (Lipinski definition) is 2. The second-order valence-corrected chi connectivity index (χ2v) is 7.60. The van der Waals surface area contributed by atoms with Gasteiger partial charge in [0, 0.05) is 16.9 Å². The minimum atomic E-state index is -1.09. The highest BCUT2D eigenvalue weighted by Crippen LogP contribution is 2.22. The summed E-state index contributed by atoms with van der Waals surface area (Å²) < 4.78 is 4.65. The van der Waals surface area contributed by atoms with Crippen molar-refractivity contribution >= 4 is 49.6 Å². The fourth-order valence-electron chi connectivity index (χ4n) is 2.34. The highest BCUT2D eigenvalue weighted by molar-refractivity contribution is 9.10. The molecule has 0 saturated carbocycles. The second-order valence-electron chi connectivity index (χ2n) is 5.83. The molecule has 140 valence electrons. The number of halogens is 2. The van der Waals surface area contributed by atoms with Crippen molar-refractivity contribution in [3.05, 3.63) is 62.9 Å². The lowest BCUT2D eigenvalue weighted by Crippen LogP contribution is -2.24. The van der Waals surface area contributed by atoms with Gasteiger partial charge in [-0.15, -0.1) is 0 Å². The van der Waals surface area contributed by atoms with Crippen LogP contribution in [0.3, 0.4) is 0 Å². The number of nitrogens with zero attached hydrogens (tertiary/aromatic N) is 4. The molecule has 1 unspecified atom stereocenters. The number of rotatable bonds is 6. The normalized spacial score (nSPS) is 12.0. The van der Waals surface area contributed by atoms with Crippen LogP contribution in [0.25, 0.3) is 0 Å². The smallest absolute Gasteiger partial charge is 0.338 e. The van der Waals surface area contributed by atoms with E-state index in [9.17, 15) is 9.59 Å². The molecule has 3 rings (SSSR count). The monoisotopic (exact) mass is 495 g/mol. The number of anilines is 1. The molecule has 0 saturated heterocycles. The van der Waals surface area contributed by atoms with Gasteiger partial charge < -0.3 is 10.4 Å². The van der Waals surface area contributed by atoms with E-state index in [2.05, 4.69) is 47.4 Å². The number of carboxylic acid groups (broad SMARTS) is 1. The third-order valence-corrected chi connectivity index (χ3v) is 4.95. The van der Waals surface area contributed by atoms with Crippen LogP contribution in [0.5, 0.6) is 0 Å². The van der Waals surface area contributed by atoms with Crippen molar-refractivity contribution in [3.8, 4) is 0 Å². The van der Waals surface area contributed by atoms with Crippen LogP contribution in [0.1, 0.15) is 28.9 Å². The first-order valence-electron chi connectivity index (χ1n) is 7.89. The highest BCUT2D eigenvalue weighted by atomic mass is 79.9. The third-order valence-electron chi connectivity index (χ3n) is 3.84. The van der Waals surface area contributed by atoms with Gasteiger partial charge in [0.15, 0.2) is 5.82 Å². The van der Waals surface area contributed by atoms with Crippen LogP contribution in [0, 0.1) is 0 Å². The number of aromatic carboxylic acids is 1. The van der Waals surface area contributed by atoms with Gasteiger partial charge in [-0.2, -0.15) is 10.2 Å². The van der Waals surface area contributed by atoms with Crippen LogP contribution in [-0.2, 0) is 11.3 Å². The average Bonchev–Trinajstić information content (AvgIpc) is 3.24. The predicted octanol–water partition coefficient (Wildman–Crippen LogP) is 3.55. The number of nitrogens with one attached hydrogen (secondary N) is 1. The summed E-state index contributed by atoms with van der Waals surface area (Å²) in [5.41, 5.74) is 1.09. The van der Waals surface area contributed by atoms with E-state index in [1.165, 1.54) is 17.1 Å². The summed E-state index contributed by atoms with van der Waals surface area (Å²) in [5.74, 6) is -1.07. The first-order valence-corrected chi connectivity index (χ1v) is 9.48. The Morgan fingerprint density at radius 3 is 2.56 bits per heavy atom. The minimum absolute atomic E-state index is 0.0228. The zero-order valence-electron chi connectivity index (χ0n) is 14.1. The SMILES string of the molecule is CC(C(=O)Nc1nn(Cc2ccc(Br)cc2)cc1Br)n1cc(C(=O)O)cn1. The molecule has 2 N–H and O–H groups in total. The zero-order valence-corrected chi connectivity index (χ0v) is 17.3. The van der Waals surface area contributed by atoms with Crippen molar-refractivity contribution in [1.29, 1.82) is 0 Å². The van der Waals surface area contributed by atoms with Crippen LogP contribution in [0.15, 0.2) is 51.8 Å². The molecule has 0 aliphatic rings. The van der Waals surface area contributed by atoms with Crippen molar-refractivity contribution < 1.29 is 14.7 Å². The van der Waals surface area contributed by atoms with Gasteiger partial charge in [-0.1, -0.05) is 28.1 Å².